The topological polar surface area (TPSA) is 88.9 Å². The number of aromatic nitrogens is 1. The van der Waals surface area contributed by atoms with Gasteiger partial charge in [0.2, 0.25) is 0 Å². The quantitative estimate of drug-likeness (QED) is 0.756. The average Bonchev–Trinajstić information content (AvgIpc) is 2.73. The zero-order valence-electron chi connectivity index (χ0n) is 9.30. The fourth-order valence-corrected chi connectivity index (χ4v) is 1.04. The van der Waals surface area contributed by atoms with E-state index in [9.17, 15) is 18.0 Å². The van der Waals surface area contributed by atoms with Gasteiger partial charge in [-0.25, -0.2) is 0 Å². The zero-order chi connectivity index (χ0) is 14.0. The molecule has 1 atom stereocenters. The van der Waals surface area contributed by atoms with E-state index in [-0.39, 0.29) is 11.3 Å². The summed E-state index contributed by atoms with van der Waals surface area (Å²) >= 11 is 0. The third-order valence-electron chi connectivity index (χ3n) is 2.26. The Morgan fingerprint density at radius 1 is 1.61 bits per heavy atom. The SMILES string of the molecule is CC(O)(CNC(=O)c1cc(C#N)c[nH]1)C(F)(F)F. The number of carbonyl (C=O) groups excluding carboxylic acids is 1. The Kier molecular flexibility index (Phi) is 3.67. The average molecular weight is 261 g/mol. The molecule has 98 valence electrons. The van der Waals surface area contributed by atoms with Crippen molar-refractivity contribution < 1.29 is 23.1 Å². The molecule has 0 bridgehead atoms. The predicted octanol–water partition coefficient (Wildman–Crippen LogP) is 0.929. The van der Waals surface area contributed by atoms with Crippen LogP contribution in [-0.2, 0) is 0 Å². The number of aliphatic hydroxyl groups is 1. The molecule has 1 heterocycles. The van der Waals surface area contributed by atoms with Crippen LogP contribution in [0.2, 0.25) is 0 Å². The maximum atomic E-state index is 12.3. The Morgan fingerprint density at radius 2 is 2.22 bits per heavy atom. The van der Waals surface area contributed by atoms with Crippen molar-refractivity contribution in [1.82, 2.24) is 10.3 Å². The fraction of sp³-hybridized carbons (Fsp3) is 0.400. The van der Waals surface area contributed by atoms with E-state index in [0.717, 1.165) is 0 Å². The number of nitrogens with one attached hydrogen (secondary N) is 2. The van der Waals surface area contributed by atoms with Crippen molar-refractivity contribution >= 4 is 5.91 Å². The molecule has 0 spiro atoms. The Morgan fingerprint density at radius 3 is 2.67 bits per heavy atom. The summed E-state index contributed by atoms with van der Waals surface area (Å²) in [6, 6.07) is 2.95. The van der Waals surface area contributed by atoms with Crippen LogP contribution < -0.4 is 5.32 Å². The van der Waals surface area contributed by atoms with E-state index in [1.54, 1.807) is 6.07 Å². The molecule has 1 amide bonds. The van der Waals surface area contributed by atoms with E-state index in [4.69, 9.17) is 10.4 Å². The molecule has 18 heavy (non-hydrogen) atoms. The molecular formula is C10H10F3N3O2. The van der Waals surface area contributed by atoms with Crippen LogP contribution in [0.4, 0.5) is 13.2 Å². The van der Waals surface area contributed by atoms with Crippen molar-refractivity contribution in [2.75, 3.05) is 6.54 Å². The summed E-state index contributed by atoms with van der Waals surface area (Å²) < 4.78 is 36.9. The van der Waals surface area contributed by atoms with Crippen LogP contribution in [0.15, 0.2) is 12.3 Å². The van der Waals surface area contributed by atoms with Crippen LogP contribution >= 0.6 is 0 Å². The Labute approximate surface area is 100 Å². The first-order valence-corrected chi connectivity index (χ1v) is 4.83. The maximum Gasteiger partial charge on any atom is 0.418 e. The minimum Gasteiger partial charge on any atom is -0.379 e. The third kappa shape index (κ3) is 3.01. The van der Waals surface area contributed by atoms with Gasteiger partial charge < -0.3 is 15.4 Å². The molecule has 0 radical (unpaired) electrons. The van der Waals surface area contributed by atoms with Gasteiger partial charge in [-0.3, -0.25) is 4.79 Å². The number of H-pyrrole nitrogens is 1. The molecule has 0 aliphatic rings. The highest BCUT2D eigenvalue weighted by Gasteiger charge is 2.49. The second-order valence-corrected chi connectivity index (χ2v) is 3.87. The first kappa shape index (κ1) is 14.1. The van der Waals surface area contributed by atoms with Gasteiger partial charge in [0, 0.05) is 6.20 Å². The fourth-order valence-electron chi connectivity index (χ4n) is 1.04. The van der Waals surface area contributed by atoms with Gasteiger partial charge in [-0.05, 0) is 13.0 Å². The van der Waals surface area contributed by atoms with Crippen molar-refractivity contribution in [3.63, 3.8) is 0 Å². The maximum absolute atomic E-state index is 12.3. The lowest BCUT2D eigenvalue weighted by Gasteiger charge is -2.26. The monoisotopic (exact) mass is 261 g/mol. The number of aromatic amines is 1. The Balaban J connectivity index is 2.65. The number of amides is 1. The molecule has 5 nitrogen and oxygen atoms in total. The van der Waals surface area contributed by atoms with Crippen molar-refractivity contribution in [1.29, 1.82) is 5.26 Å². The van der Waals surface area contributed by atoms with Crippen LogP contribution in [0, 0.1) is 11.3 Å². The van der Waals surface area contributed by atoms with Gasteiger partial charge in [-0.1, -0.05) is 0 Å². The van der Waals surface area contributed by atoms with Gasteiger partial charge >= 0.3 is 6.18 Å². The van der Waals surface area contributed by atoms with Gasteiger partial charge in [0.05, 0.1) is 12.1 Å². The number of rotatable bonds is 3. The van der Waals surface area contributed by atoms with Crippen LogP contribution in [0.1, 0.15) is 23.0 Å². The predicted molar refractivity (Wildman–Crippen MR) is 54.5 cm³/mol. The van der Waals surface area contributed by atoms with Gasteiger partial charge in [0.25, 0.3) is 5.91 Å². The summed E-state index contributed by atoms with van der Waals surface area (Å²) in [6.07, 6.45) is -3.59. The lowest BCUT2D eigenvalue weighted by molar-refractivity contribution is -0.249. The van der Waals surface area contributed by atoms with Gasteiger partial charge in [-0.15, -0.1) is 0 Å². The summed E-state index contributed by atoms with van der Waals surface area (Å²) in [5.41, 5.74) is -2.87. The second-order valence-electron chi connectivity index (χ2n) is 3.87. The van der Waals surface area contributed by atoms with Crippen LogP contribution in [0.5, 0.6) is 0 Å². The van der Waals surface area contributed by atoms with E-state index >= 15 is 0 Å². The van der Waals surface area contributed by atoms with Crippen molar-refractivity contribution in [3.8, 4) is 6.07 Å². The lowest BCUT2D eigenvalue weighted by atomic mass is 10.1. The molecule has 0 aliphatic heterocycles. The minimum atomic E-state index is -4.84. The normalized spacial score (nSPS) is 14.7. The standard InChI is InChI=1S/C10H10F3N3O2/c1-9(18,10(11,12)13)5-16-8(17)7-2-6(3-14)4-15-7/h2,4,15,18H,5H2,1H3,(H,16,17). The van der Waals surface area contributed by atoms with Crippen molar-refractivity contribution in [2.45, 2.75) is 18.7 Å². The number of halogens is 3. The molecule has 0 aromatic carbocycles. The molecule has 0 saturated carbocycles. The summed E-state index contributed by atoms with van der Waals surface area (Å²) in [5.74, 6) is -0.832. The van der Waals surface area contributed by atoms with E-state index in [1.165, 1.54) is 12.3 Å². The molecule has 1 aromatic rings. The third-order valence-corrected chi connectivity index (χ3v) is 2.26. The zero-order valence-corrected chi connectivity index (χ0v) is 9.30. The van der Waals surface area contributed by atoms with Crippen LogP contribution in [0.3, 0.4) is 0 Å². The highest BCUT2D eigenvalue weighted by molar-refractivity contribution is 5.92. The van der Waals surface area contributed by atoms with Crippen molar-refractivity contribution in [3.05, 3.63) is 23.5 Å². The summed E-state index contributed by atoms with van der Waals surface area (Å²) in [7, 11) is 0. The molecule has 1 unspecified atom stereocenters. The van der Waals surface area contributed by atoms with Crippen molar-refractivity contribution in [2.24, 2.45) is 0 Å². The van der Waals surface area contributed by atoms with E-state index in [0.29, 0.717) is 6.92 Å². The van der Waals surface area contributed by atoms with E-state index in [2.05, 4.69) is 4.98 Å². The molecular weight excluding hydrogens is 251 g/mol. The molecule has 0 fully saturated rings. The number of nitrogens with zero attached hydrogens (tertiary/aromatic N) is 1. The van der Waals surface area contributed by atoms with E-state index < -0.39 is 24.2 Å². The molecule has 8 heteroatoms. The molecule has 0 aliphatic carbocycles. The summed E-state index contributed by atoms with van der Waals surface area (Å²) in [5, 5.41) is 19.5. The largest absolute Gasteiger partial charge is 0.418 e. The summed E-state index contributed by atoms with van der Waals surface area (Å²) in [6.45, 7) is -0.418. The number of alkyl halides is 3. The molecule has 1 aromatic heterocycles. The number of carbonyl (C=O) groups is 1. The summed E-state index contributed by atoms with van der Waals surface area (Å²) in [4.78, 5) is 13.9. The number of hydrogen-bond acceptors (Lipinski definition) is 3. The minimum absolute atomic E-state index is 0.0514. The lowest BCUT2D eigenvalue weighted by Crippen LogP contribution is -2.51. The smallest absolute Gasteiger partial charge is 0.379 e. The highest BCUT2D eigenvalue weighted by atomic mass is 19.4. The second kappa shape index (κ2) is 4.70. The number of hydrogen-bond donors (Lipinski definition) is 3. The van der Waals surface area contributed by atoms with Crippen LogP contribution in [-0.4, -0.2) is 34.3 Å². The van der Waals surface area contributed by atoms with Gasteiger partial charge in [0.15, 0.2) is 5.60 Å². The van der Waals surface area contributed by atoms with Crippen LogP contribution in [0.25, 0.3) is 0 Å². The molecule has 0 saturated heterocycles. The Hall–Kier alpha value is -2.01. The number of nitriles is 1. The molecule has 3 N–H and O–H groups in total. The highest BCUT2D eigenvalue weighted by Crippen LogP contribution is 2.29. The first-order valence-electron chi connectivity index (χ1n) is 4.83. The van der Waals surface area contributed by atoms with Gasteiger partial charge in [0.1, 0.15) is 11.8 Å². The first-order chi connectivity index (χ1) is 8.17. The van der Waals surface area contributed by atoms with E-state index in [1.807, 2.05) is 5.32 Å². The molecule has 1 rings (SSSR count). The Bertz CT molecular complexity index is 485. The van der Waals surface area contributed by atoms with Gasteiger partial charge in [-0.2, -0.15) is 18.4 Å².